The van der Waals surface area contributed by atoms with E-state index in [9.17, 15) is 14.4 Å². The molecule has 0 saturated heterocycles. The number of hydrogen-bond acceptors (Lipinski definition) is 4. The molecule has 0 saturated carbocycles. The van der Waals surface area contributed by atoms with Crippen molar-refractivity contribution < 1.29 is 19.1 Å². The van der Waals surface area contributed by atoms with Gasteiger partial charge in [0, 0.05) is 11.1 Å². The van der Waals surface area contributed by atoms with Crippen LogP contribution in [0.5, 0.6) is 0 Å². The van der Waals surface area contributed by atoms with Crippen LogP contribution in [0.1, 0.15) is 71.2 Å². The average molecular weight is 526 g/mol. The molecular formula is C29H36ClN3O4. The van der Waals surface area contributed by atoms with E-state index in [1.807, 2.05) is 33.8 Å². The lowest BCUT2D eigenvalue weighted by Gasteiger charge is -2.43. The molecule has 2 rings (SSSR count). The second-order valence-corrected chi connectivity index (χ2v) is 11.2. The first-order valence-electron chi connectivity index (χ1n) is 12.0. The summed E-state index contributed by atoms with van der Waals surface area (Å²) >= 11 is 6.39. The first-order chi connectivity index (χ1) is 17.1. The Morgan fingerprint density at radius 1 is 1.03 bits per heavy atom. The predicted octanol–water partition coefficient (Wildman–Crippen LogP) is 5.85. The third-order valence-electron chi connectivity index (χ3n) is 5.45. The minimum absolute atomic E-state index is 0.367. The van der Waals surface area contributed by atoms with Crippen LogP contribution in [-0.2, 0) is 14.3 Å². The molecule has 3 amide bonds. The fraction of sp³-hybridized carbons (Fsp3) is 0.414. The van der Waals surface area contributed by atoms with E-state index in [2.05, 4.69) is 16.6 Å². The summed E-state index contributed by atoms with van der Waals surface area (Å²) in [6, 6.07) is 10.1. The van der Waals surface area contributed by atoms with E-state index in [4.69, 9.17) is 22.8 Å². The number of aryl methyl sites for hydroxylation is 1. The van der Waals surface area contributed by atoms with Gasteiger partial charge in [0.1, 0.15) is 17.7 Å². The van der Waals surface area contributed by atoms with E-state index >= 15 is 0 Å². The number of benzene rings is 2. The van der Waals surface area contributed by atoms with E-state index < -0.39 is 41.1 Å². The number of terminal acetylenes is 1. The van der Waals surface area contributed by atoms with Crippen LogP contribution in [0, 0.1) is 19.3 Å². The predicted molar refractivity (Wildman–Crippen MR) is 147 cm³/mol. The van der Waals surface area contributed by atoms with Crippen LogP contribution in [0.3, 0.4) is 0 Å². The molecule has 0 aromatic heterocycles. The molecule has 0 aliphatic heterocycles. The van der Waals surface area contributed by atoms with E-state index in [1.54, 1.807) is 64.1 Å². The molecule has 2 N–H and O–H groups in total. The zero-order valence-corrected chi connectivity index (χ0v) is 23.5. The number of ether oxygens (including phenoxy) is 1. The maximum atomic E-state index is 14.0. The highest BCUT2D eigenvalue weighted by Crippen LogP contribution is 2.34. The van der Waals surface area contributed by atoms with Gasteiger partial charge in [0.05, 0.1) is 10.7 Å². The van der Waals surface area contributed by atoms with Crippen molar-refractivity contribution in [3.63, 3.8) is 0 Å². The van der Waals surface area contributed by atoms with Crippen LogP contribution >= 0.6 is 11.6 Å². The van der Waals surface area contributed by atoms with Crippen LogP contribution in [0.15, 0.2) is 42.5 Å². The fourth-order valence-corrected chi connectivity index (χ4v) is 4.12. The van der Waals surface area contributed by atoms with Gasteiger partial charge < -0.3 is 20.3 Å². The lowest BCUT2D eigenvalue weighted by molar-refractivity contribution is -0.146. The molecule has 0 heterocycles. The Morgan fingerprint density at radius 3 is 2.19 bits per heavy atom. The minimum atomic E-state index is -1.13. The van der Waals surface area contributed by atoms with Crippen molar-refractivity contribution in [2.24, 2.45) is 0 Å². The number of hydrogen-bond donors (Lipinski definition) is 2. The molecule has 2 atom stereocenters. The van der Waals surface area contributed by atoms with Crippen molar-refractivity contribution in [2.75, 3.05) is 5.32 Å². The number of halogens is 1. The van der Waals surface area contributed by atoms with Gasteiger partial charge in [0.2, 0.25) is 5.91 Å². The van der Waals surface area contributed by atoms with Gasteiger partial charge in [0.15, 0.2) is 0 Å². The summed E-state index contributed by atoms with van der Waals surface area (Å²) in [5, 5.41) is 5.85. The van der Waals surface area contributed by atoms with Crippen molar-refractivity contribution in [3.05, 3.63) is 64.2 Å². The summed E-state index contributed by atoms with van der Waals surface area (Å²) in [5.74, 6) is 1.64. The van der Waals surface area contributed by atoms with Gasteiger partial charge in [-0.2, -0.15) is 0 Å². The summed E-state index contributed by atoms with van der Waals surface area (Å²) in [5.41, 5.74) is 0.558. The summed E-state index contributed by atoms with van der Waals surface area (Å²) < 4.78 is 5.32. The highest BCUT2D eigenvalue weighted by molar-refractivity contribution is 6.34. The largest absolute Gasteiger partial charge is 0.444 e. The maximum Gasteiger partial charge on any atom is 0.408 e. The maximum absolute atomic E-state index is 14.0. The lowest BCUT2D eigenvalue weighted by Crippen LogP contribution is -2.57. The van der Waals surface area contributed by atoms with E-state index in [1.165, 1.54) is 4.90 Å². The van der Waals surface area contributed by atoms with Gasteiger partial charge in [-0.05, 0) is 78.6 Å². The molecule has 0 aliphatic rings. The Morgan fingerprint density at radius 2 is 1.65 bits per heavy atom. The normalized spacial score (nSPS) is 13.1. The van der Waals surface area contributed by atoms with Crippen molar-refractivity contribution in [1.29, 1.82) is 0 Å². The molecule has 8 heteroatoms. The Hall–Kier alpha value is -3.50. The van der Waals surface area contributed by atoms with Crippen LogP contribution < -0.4 is 10.6 Å². The number of carbonyl (C=O) groups excluding carboxylic acids is 3. The standard InChI is InChI=1S/C29H36ClN3O4/c1-10-20-15-11-12-16-21(20)24(25(34)32-23-18(2)14-13-17-22(23)30)33(28(4,5)6)26(35)19(3)31-27(36)37-29(7,8)9/h1,11-17,19,24H,2-9H3,(H,31,36)(H,32,34). The summed E-state index contributed by atoms with van der Waals surface area (Å²) in [4.78, 5) is 41.7. The monoisotopic (exact) mass is 525 g/mol. The summed E-state index contributed by atoms with van der Waals surface area (Å²) in [7, 11) is 0. The van der Waals surface area contributed by atoms with Crippen LogP contribution in [0.25, 0.3) is 0 Å². The zero-order chi connectivity index (χ0) is 28.1. The second kappa shape index (κ2) is 11.7. The third-order valence-corrected chi connectivity index (χ3v) is 5.77. The number of carbonyl (C=O) groups is 3. The van der Waals surface area contributed by atoms with Crippen molar-refractivity contribution >= 4 is 35.2 Å². The van der Waals surface area contributed by atoms with E-state index in [-0.39, 0.29) is 0 Å². The molecule has 198 valence electrons. The number of nitrogens with one attached hydrogen (secondary N) is 2. The first-order valence-corrected chi connectivity index (χ1v) is 12.4. The Kier molecular flexibility index (Phi) is 9.40. The molecule has 0 bridgehead atoms. The van der Waals surface area contributed by atoms with Gasteiger partial charge in [-0.1, -0.05) is 47.9 Å². The molecule has 37 heavy (non-hydrogen) atoms. The van der Waals surface area contributed by atoms with Crippen molar-refractivity contribution in [2.45, 2.75) is 78.6 Å². The Balaban J connectivity index is 2.60. The Labute approximate surface area is 224 Å². The number of para-hydroxylation sites is 1. The molecule has 7 nitrogen and oxygen atoms in total. The smallest absolute Gasteiger partial charge is 0.408 e. The number of alkyl carbamates (subject to hydrolysis) is 1. The van der Waals surface area contributed by atoms with Gasteiger partial charge in [-0.15, -0.1) is 6.42 Å². The summed E-state index contributed by atoms with van der Waals surface area (Å²) in [6.07, 6.45) is 5.04. The van der Waals surface area contributed by atoms with Crippen LogP contribution in [0.4, 0.5) is 10.5 Å². The molecule has 0 spiro atoms. The number of rotatable bonds is 6. The number of anilines is 1. The van der Waals surface area contributed by atoms with Gasteiger partial charge in [0.25, 0.3) is 5.91 Å². The molecule has 2 aromatic carbocycles. The lowest BCUT2D eigenvalue weighted by atomic mass is 9.92. The second-order valence-electron chi connectivity index (χ2n) is 10.8. The number of amides is 3. The molecule has 0 aliphatic carbocycles. The van der Waals surface area contributed by atoms with Gasteiger partial charge in [-0.25, -0.2) is 4.79 Å². The molecule has 2 unspecified atom stereocenters. The minimum Gasteiger partial charge on any atom is -0.444 e. The van der Waals surface area contributed by atoms with Gasteiger partial charge in [-0.3, -0.25) is 9.59 Å². The molecule has 2 aromatic rings. The summed E-state index contributed by atoms with van der Waals surface area (Å²) in [6.45, 7) is 14.0. The first kappa shape index (κ1) is 29.7. The molecular weight excluding hydrogens is 490 g/mol. The Bertz CT molecular complexity index is 1180. The molecule has 0 fully saturated rings. The zero-order valence-electron chi connectivity index (χ0n) is 22.7. The van der Waals surface area contributed by atoms with E-state index in [0.717, 1.165) is 5.56 Å². The number of nitrogens with zero attached hydrogens (tertiary/aromatic N) is 1. The van der Waals surface area contributed by atoms with Crippen molar-refractivity contribution in [1.82, 2.24) is 10.2 Å². The fourth-order valence-electron chi connectivity index (χ4n) is 3.85. The highest BCUT2D eigenvalue weighted by Gasteiger charge is 2.41. The third kappa shape index (κ3) is 7.74. The van der Waals surface area contributed by atoms with E-state index in [0.29, 0.717) is 21.8 Å². The SMILES string of the molecule is C#Cc1ccccc1C(C(=O)Nc1c(C)cccc1Cl)N(C(=O)C(C)NC(=O)OC(C)(C)C)C(C)(C)C. The van der Waals surface area contributed by atoms with Crippen LogP contribution in [0.2, 0.25) is 5.02 Å². The topological polar surface area (TPSA) is 87.7 Å². The average Bonchev–Trinajstić information content (AvgIpc) is 2.77. The highest BCUT2D eigenvalue weighted by atomic mass is 35.5. The van der Waals surface area contributed by atoms with Crippen molar-refractivity contribution in [3.8, 4) is 12.3 Å². The van der Waals surface area contributed by atoms with Crippen LogP contribution in [-0.4, -0.2) is 40.0 Å². The molecule has 0 radical (unpaired) electrons. The quantitative estimate of drug-likeness (QED) is 0.463. The van der Waals surface area contributed by atoms with Gasteiger partial charge >= 0.3 is 6.09 Å².